The van der Waals surface area contributed by atoms with Crippen molar-refractivity contribution in [2.24, 2.45) is 15.9 Å². The number of sulfonamides is 1. The van der Waals surface area contributed by atoms with Gasteiger partial charge in [0.15, 0.2) is 0 Å². The lowest BCUT2D eigenvalue weighted by atomic mass is 10.1. The summed E-state index contributed by atoms with van der Waals surface area (Å²) in [4.78, 5) is 4.47. The second-order valence-electron chi connectivity index (χ2n) is 6.10. The van der Waals surface area contributed by atoms with Crippen molar-refractivity contribution in [3.05, 3.63) is 65.1 Å². The zero-order chi connectivity index (χ0) is 22.4. The molecular weight excluding hydrogens is 436 g/mol. The number of allylic oxidation sites excluding steroid dienone is 1. The summed E-state index contributed by atoms with van der Waals surface area (Å²) in [6.07, 6.45) is 1.51. The van der Waals surface area contributed by atoms with Gasteiger partial charge in [0, 0.05) is 22.8 Å². The van der Waals surface area contributed by atoms with Gasteiger partial charge in [-0.25, -0.2) is 4.98 Å². The number of thiazole rings is 1. The Bertz CT molecular complexity index is 1280. The van der Waals surface area contributed by atoms with Crippen molar-refractivity contribution in [1.29, 1.82) is 5.26 Å². The lowest BCUT2D eigenvalue weighted by molar-refractivity contribution is 0.415. The molecule has 0 spiro atoms. The van der Waals surface area contributed by atoms with Crippen LogP contribution >= 0.6 is 11.3 Å². The largest absolute Gasteiger partial charge is 0.497 e. The predicted molar refractivity (Wildman–Crippen MR) is 121 cm³/mol. The quantitative estimate of drug-likeness (QED) is 0.279. The molecule has 0 bridgehead atoms. The van der Waals surface area contributed by atoms with E-state index in [-0.39, 0.29) is 4.90 Å². The van der Waals surface area contributed by atoms with Crippen LogP contribution < -0.4 is 21.5 Å². The van der Waals surface area contributed by atoms with Crippen LogP contribution in [-0.4, -0.2) is 26.5 Å². The van der Waals surface area contributed by atoms with Crippen LogP contribution in [0.5, 0.6) is 5.75 Å². The van der Waals surface area contributed by atoms with Crippen molar-refractivity contribution >= 4 is 38.6 Å². The van der Waals surface area contributed by atoms with Gasteiger partial charge in [-0.2, -0.15) is 13.7 Å². The molecule has 0 amide bonds. The van der Waals surface area contributed by atoms with E-state index < -0.39 is 16.0 Å². The maximum Gasteiger partial charge on any atom is 0.285 e. The monoisotopic (exact) mass is 454 g/mol. The number of hydrogen-bond donors (Lipinski definition) is 3. The number of rotatable bonds is 7. The molecule has 0 aliphatic heterocycles. The first-order valence-electron chi connectivity index (χ1n) is 8.75. The highest BCUT2D eigenvalue weighted by molar-refractivity contribution is 7.90. The van der Waals surface area contributed by atoms with Crippen LogP contribution in [0.15, 0.2) is 69.4 Å². The third-order valence-electron chi connectivity index (χ3n) is 3.98. The Labute approximate surface area is 183 Å². The number of methoxy groups -OCH3 is 1. The van der Waals surface area contributed by atoms with E-state index in [1.54, 1.807) is 7.11 Å². The first kappa shape index (κ1) is 21.8. The van der Waals surface area contributed by atoms with Crippen molar-refractivity contribution < 1.29 is 13.2 Å². The standard InChI is InChI=1S/C20H18N6O3S2/c1-29-16-4-2-3-13(9-16)18-12-30-19(25-18)14(10-21)11-24-15-5-7-17(8-6-15)31(27,28)26-20(22)23/h2-9,11-12,24H,1H3,(H4,22,23,26)/b14-11+. The van der Waals surface area contributed by atoms with Crippen LogP contribution in [0.4, 0.5) is 5.69 Å². The van der Waals surface area contributed by atoms with Gasteiger partial charge in [-0.05, 0) is 36.4 Å². The molecule has 158 valence electrons. The van der Waals surface area contributed by atoms with E-state index in [2.05, 4.69) is 20.8 Å². The van der Waals surface area contributed by atoms with E-state index in [4.69, 9.17) is 16.2 Å². The van der Waals surface area contributed by atoms with Crippen LogP contribution in [0.1, 0.15) is 5.01 Å². The summed E-state index contributed by atoms with van der Waals surface area (Å²) in [5, 5.41) is 14.9. The number of benzene rings is 2. The first-order valence-corrected chi connectivity index (χ1v) is 11.1. The number of nitrogens with one attached hydrogen (secondary N) is 1. The molecule has 5 N–H and O–H groups in total. The van der Waals surface area contributed by atoms with Crippen molar-refractivity contribution in [1.82, 2.24) is 4.98 Å². The molecule has 0 saturated carbocycles. The fraction of sp³-hybridized carbons (Fsp3) is 0.0500. The highest BCUT2D eigenvalue weighted by atomic mass is 32.2. The number of nitrogens with zero attached hydrogens (tertiary/aromatic N) is 3. The number of nitriles is 1. The number of nitrogens with two attached hydrogens (primary N) is 2. The Morgan fingerprint density at radius 2 is 2.00 bits per heavy atom. The SMILES string of the molecule is COc1cccc(-c2csc(/C(C#N)=C/Nc3ccc(S(=O)(=O)N=C(N)N)cc3)n2)c1. The average Bonchev–Trinajstić information content (AvgIpc) is 3.24. The smallest absolute Gasteiger partial charge is 0.285 e. The van der Waals surface area contributed by atoms with Crippen LogP contribution in [-0.2, 0) is 10.0 Å². The lowest BCUT2D eigenvalue weighted by Crippen LogP contribution is -2.24. The summed E-state index contributed by atoms with van der Waals surface area (Å²) in [5.74, 6) is 0.177. The number of ether oxygens (including phenoxy) is 1. The Hall–Kier alpha value is -3.88. The summed E-state index contributed by atoms with van der Waals surface area (Å²) >= 11 is 1.34. The fourth-order valence-corrected chi connectivity index (χ4v) is 4.18. The molecule has 0 unspecified atom stereocenters. The van der Waals surface area contributed by atoms with Gasteiger partial charge in [0.05, 0.1) is 17.7 Å². The molecule has 1 aromatic heterocycles. The molecule has 9 nitrogen and oxygen atoms in total. The Morgan fingerprint density at radius 3 is 2.65 bits per heavy atom. The van der Waals surface area contributed by atoms with Gasteiger partial charge in [0.25, 0.3) is 10.0 Å². The minimum absolute atomic E-state index is 0.0567. The summed E-state index contributed by atoms with van der Waals surface area (Å²) in [7, 11) is -2.36. The van der Waals surface area contributed by atoms with Crippen LogP contribution in [0.25, 0.3) is 16.8 Å². The lowest BCUT2D eigenvalue weighted by Gasteiger charge is -2.04. The van der Waals surface area contributed by atoms with Crippen LogP contribution in [0.2, 0.25) is 0 Å². The molecule has 3 rings (SSSR count). The maximum atomic E-state index is 12.0. The molecule has 11 heteroatoms. The minimum atomic E-state index is -3.96. The average molecular weight is 455 g/mol. The second-order valence-corrected chi connectivity index (χ2v) is 8.56. The van der Waals surface area contributed by atoms with Gasteiger partial charge in [0.2, 0.25) is 5.96 Å². The Morgan fingerprint density at radius 1 is 1.26 bits per heavy atom. The van der Waals surface area contributed by atoms with Gasteiger partial charge in [-0.3, -0.25) is 0 Å². The van der Waals surface area contributed by atoms with Crippen LogP contribution in [0, 0.1) is 11.3 Å². The molecule has 0 aliphatic carbocycles. The minimum Gasteiger partial charge on any atom is -0.497 e. The molecule has 1 heterocycles. The maximum absolute atomic E-state index is 12.0. The van der Waals surface area contributed by atoms with Gasteiger partial charge in [0.1, 0.15) is 22.4 Å². The summed E-state index contributed by atoms with van der Waals surface area (Å²) in [6.45, 7) is 0. The van der Waals surface area contributed by atoms with E-state index in [9.17, 15) is 13.7 Å². The second kappa shape index (κ2) is 9.29. The van der Waals surface area contributed by atoms with E-state index in [1.165, 1.54) is 41.8 Å². The summed E-state index contributed by atoms with van der Waals surface area (Å²) in [5.41, 5.74) is 12.8. The Kier molecular flexibility index (Phi) is 6.54. The molecule has 0 saturated heterocycles. The molecular formula is C20H18N6O3S2. The van der Waals surface area contributed by atoms with Gasteiger partial charge in [-0.15, -0.1) is 15.7 Å². The number of guanidine groups is 1. The molecule has 0 radical (unpaired) electrons. The van der Waals surface area contributed by atoms with Crippen molar-refractivity contribution in [3.8, 4) is 23.1 Å². The van der Waals surface area contributed by atoms with Crippen molar-refractivity contribution in [3.63, 3.8) is 0 Å². The van der Waals surface area contributed by atoms with E-state index in [1.807, 2.05) is 29.6 Å². The topological polar surface area (TPSA) is 156 Å². The zero-order valence-corrected chi connectivity index (χ0v) is 17.9. The van der Waals surface area contributed by atoms with Gasteiger partial charge in [-0.1, -0.05) is 12.1 Å². The van der Waals surface area contributed by atoms with Gasteiger partial charge < -0.3 is 21.5 Å². The first-order chi connectivity index (χ1) is 14.8. The molecule has 3 aromatic rings. The van der Waals surface area contributed by atoms with Gasteiger partial charge >= 0.3 is 0 Å². The highest BCUT2D eigenvalue weighted by Gasteiger charge is 2.13. The summed E-state index contributed by atoms with van der Waals surface area (Å²) in [6, 6.07) is 15.4. The number of aromatic nitrogens is 1. The molecule has 0 fully saturated rings. The highest BCUT2D eigenvalue weighted by Crippen LogP contribution is 2.28. The third-order valence-corrected chi connectivity index (χ3v) is 6.18. The van der Waals surface area contributed by atoms with Crippen molar-refractivity contribution in [2.75, 3.05) is 12.4 Å². The third kappa shape index (κ3) is 5.39. The molecule has 31 heavy (non-hydrogen) atoms. The molecule has 2 aromatic carbocycles. The predicted octanol–water partition coefficient (Wildman–Crippen LogP) is 2.76. The molecule has 0 aliphatic rings. The number of anilines is 1. The fourth-order valence-electron chi connectivity index (χ4n) is 2.52. The number of hydrogen-bond acceptors (Lipinski definition) is 7. The van der Waals surface area contributed by atoms with E-state index in [0.717, 1.165) is 17.0 Å². The van der Waals surface area contributed by atoms with E-state index in [0.29, 0.717) is 16.3 Å². The Balaban J connectivity index is 1.78. The molecule has 0 atom stereocenters. The van der Waals surface area contributed by atoms with Crippen molar-refractivity contribution in [2.45, 2.75) is 4.90 Å². The zero-order valence-electron chi connectivity index (χ0n) is 16.3. The summed E-state index contributed by atoms with van der Waals surface area (Å²) < 4.78 is 32.4. The van der Waals surface area contributed by atoms with E-state index >= 15 is 0 Å². The van der Waals surface area contributed by atoms with Crippen LogP contribution in [0.3, 0.4) is 0 Å². The normalized spacial score (nSPS) is 11.4.